The third-order valence-corrected chi connectivity index (χ3v) is 5.24. The number of carbonyl (C=O) groups excluding carboxylic acids is 1. The Bertz CT molecular complexity index is 739. The van der Waals surface area contributed by atoms with Crippen LogP contribution in [-0.2, 0) is 11.3 Å². The van der Waals surface area contributed by atoms with Gasteiger partial charge in [0.2, 0.25) is 5.91 Å². The predicted octanol–water partition coefficient (Wildman–Crippen LogP) is 1.24. The van der Waals surface area contributed by atoms with Crippen LogP contribution in [0.4, 0.5) is 0 Å². The zero-order valence-electron chi connectivity index (χ0n) is 15.0. The van der Waals surface area contributed by atoms with Crippen molar-refractivity contribution in [2.75, 3.05) is 26.2 Å². The van der Waals surface area contributed by atoms with Gasteiger partial charge in [-0.15, -0.1) is 0 Å². The average Bonchev–Trinajstić information content (AvgIpc) is 3.08. The number of nitrogens with zero attached hydrogens (tertiary/aromatic N) is 3. The number of hydrazine groups is 1. The van der Waals surface area contributed by atoms with Gasteiger partial charge < -0.3 is 4.52 Å². The Labute approximate surface area is 153 Å². The first-order chi connectivity index (χ1) is 12.7. The molecule has 4 rings (SSSR count). The normalized spacial score (nSPS) is 25.2. The molecule has 2 fully saturated rings. The van der Waals surface area contributed by atoms with Gasteiger partial charge in [-0.3, -0.25) is 20.0 Å². The van der Waals surface area contributed by atoms with Gasteiger partial charge in [-0.1, -0.05) is 35.5 Å². The zero-order valence-corrected chi connectivity index (χ0v) is 15.0. The molecule has 1 aromatic carbocycles. The van der Waals surface area contributed by atoms with Crippen molar-refractivity contribution >= 4 is 5.91 Å². The van der Waals surface area contributed by atoms with Crippen molar-refractivity contribution in [1.82, 2.24) is 25.8 Å². The Morgan fingerprint density at radius 2 is 1.96 bits per heavy atom. The van der Waals surface area contributed by atoms with Gasteiger partial charge in [-0.25, -0.2) is 5.43 Å². The molecule has 2 N–H and O–H groups in total. The Kier molecular flexibility index (Phi) is 5.01. The van der Waals surface area contributed by atoms with E-state index in [1.165, 1.54) is 5.56 Å². The van der Waals surface area contributed by atoms with E-state index in [0.717, 1.165) is 44.2 Å². The molecule has 1 amide bonds. The molecule has 0 radical (unpaired) electrons. The number of amides is 1. The second kappa shape index (κ2) is 7.57. The number of aryl methyl sites for hydroxylation is 1. The zero-order chi connectivity index (χ0) is 17.9. The van der Waals surface area contributed by atoms with E-state index in [1.807, 2.05) is 31.2 Å². The molecule has 7 heteroatoms. The van der Waals surface area contributed by atoms with Crippen molar-refractivity contribution in [3.63, 3.8) is 0 Å². The molecule has 138 valence electrons. The van der Waals surface area contributed by atoms with Crippen LogP contribution >= 0.6 is 0 Å². The number of rotatable bonds is 4. The number of piperazine rings is 1. The maximum atomic E-state index is 12.0. The quantitative estimate of drug-likeness (QED) is 0.860. The van der Waals surface area contributed by atoms with E-state index in [9.17, 15) is 4.79 Å². The number of benzene rings is 1. The molecule has 26 heavy (non-hydrogen) atoms. The molecule has 0 spiro atoms. The highest BCUT2D eigenvalue weighted by Crippen LogP contribution is 2.26. The average molecular weight is 355 g/mol. The summed E-state index contributed by atoms with van der Waals surface area (Å²) in [5.41, 5.74) is 8.20. The van der Waals surface area contributed by atoms with Crippen molar-refractivity contribution in [2.24, 2.45) is 0 Å². The van der Waals surface area contributed by atoms with Crippen LogP contribution in [0.5, 0.6) is 0 Å². The summed E-state index contributed by atoms with van der Waals surface area (Å²) in [6, 6.07) is 12.6. The summed E-state index contributed by atoms with van der Waals surface area (Å²) in [6.07, 6.45) is 0.523. The second-order valence-corrected chi connectivity index (χ2v) is 7.09. The molecule has 2 unspecified atom stereocenters. The number of nitrogens with one attached hydrogen (secondary N) is 2. The Balaban J connectivity index is 1.40. The monoisotopic (exact) mass is 355 g/mol. The number of hydrogen-bond donors (Lipinski definition) is 2. The molecule has 0 bridgehead atoms. The van der Waals surface area contributed by atoms with Gasteiger partial charge in [-0.05, 0) is 12.5 Å². The lowest BCUT2D eigenvalue weighted by Crippen LogP contribution is -2.60. The highest BCUT2D eigenvalue weighted by Gasteiger charge is 2.35. The van der Waals surface area contributed by atoms with Gasteiger partial charge in [0, 0.05) is 51.3 Å². The van der Waals surface area contributed by atoms with Crippen LogP contribution in [0.25, 0.3) is 0 Å². The molecular weight excluding hydrogens is 330 g/mol. The molecule has 2 aliphatic rings. The minimum Gasteiger partial charge on any atom is -0.361 e. The van der Waals surface area contributed by atoms with Crippen LogP contribution in [0.15, 0.2) is 40.9 Å². The summed E-state index contributed by atoms with van der Waals surface area (Å²) < 4.78 is 5.16. The van der Waals surface area contributed by atoms with E-state index < -0.39 is 0 Å². The molecule has 3 heterocycles. The minimum absolute atomic E-state index is 0.0580. The Morgan fingerprint density at radius 3 is 2.65 bits per heavy atom. The van der Waals surface area contributed by atoms with Crippen LogP contribution < -0.4 is 10.9 Å². The smallest absolute Gasteiger partial charge is 0.235 e. The van der Waals surface area contributed by atoms with Crippen LogP contribution in [0.2, 0.25) is 0 Å². The van der Waals surface area contributed by atoms with E-state index in [0.29, 0.717) is 6.42 Å². The summed E-state index contributed by atoms with van der Waals surface area (Å²) in [6.45, 7) is 6.55. The summed E-state index contributed by atoms with van der Waals surface area (Å²) in [5, 5.41) is 4.09. The van der Waals surface area contributed by atoms with Gasteiger partial charge in [0.05, 0.1) is 11.7 Å². The van der Waals surface area contributed by atoms with E-state index in [-0.39, 0.29) is 18.0 Å². The standard InChI is InChI=1S/C19H25N5O2/c1-14-11-16(22-26-14)13-23-7-9-24(10-8-23)17-12-18(25)20-21-19(17)15-5-3-2-4-6-15/h2-6,11,17,19,21H,7-10,12-13H2,1H3,(H,20,25). The molecule has 2 aliphatic heterocycles. The van der Waals surface area contributed by atoms with Crippen LogP contribution in [-0.4, -0.2) is 53.1 Å². The summed E-state index contributed by atoms with van der Waals surface area (Å²) in [4.78, 5) is 16.8. The molecule has 7 nitrogen and oxygen atoms in total. The highest BCUT2D eigenvalue weighted by atomic mass is 16.5. The molecule has 2 aromatic rings. The number of carbonyl (C=O) groups is 1. The molecule has 2 atom stereocenters. The fourth-order valence-electron chi connectivity index (χ4n) is 3.89. The van der Waals surface area contributed by atoms with Crippen molar-refractivity contribution < 1.29 is 9.32 Å². The fraction of sp³-hybridized carbons (Fsp3) is 0.474. The maximum Gasteiger partial charge on any atom is 0.235 e. The second-order valence-electron chi connectivity index (χ2n) is 7.09. The van der Waals surface area contributed by atoms with Gasteiger partial charge >= 0.3 is 0 Å². The third-order valence-electron chi connectivity index (χ3n) is 5.24. The van der Waals surface area contributed by atoms with Crippen molar-refractivity contribution in [2.45, 2.75) is 32.0 Å². The first-order valence-corrected chi connectivity index (χ1v) is 9.17. The van der Waals surface area contributed by atoms with Crippen molar-refractivity contribution in [1.29, 1.82) is 0 Å². The SMILES string of the molecule is Cc1cc(CN2CCN(C3CC(=O)NNC3c3ccccc3)CC2)no1. The van der Waals surface area contributed by atoms with Crippen molar-refractivity contribution in [3.05, 3.63) is 53.4 Å². The summed E-state index contributed by atoms with van der Waals surface area (Å²) >= 11 is 0. The number of hydrogen-bond acceptors (Lipinski definition) is 6. The first-order valence-electron chi connectivity index (χ1n) is 9.17. The molecule has 0 saturated carbocycles. The third kappa shape index (κ3) is 3.80. The first kappa shape index (κ1) is 17.2. The van der Waals surface area contributed by atoms with E-state index in [1.54, 1.807) is 0 Å². The highest BCUT2D eigenvalue weighted by molar-refractivity contribution is 5.77. The van der Waals surface area contributed by atoms with Crippen molar-refractivity contribution in [3.8, 4) is 0 Å². The molecule has 2 saturated heterocycles. The largest absolute Gasteiger partial charge is 0.361 e. The molecule has 0 aliphatic carbocycles. The lowest BCUT2D eigenvalue weighted by atomic mass is 9.93. The Hall–Kier alpha value is -2.22. The van der Waals surface area contributed by atoms with Crippen LogP contribution in [0.3, 0.4) is 0 Å². The number of aromatic nitrogens is 1. The van der Waals surface area contributed by atoms with E-state index >= 15 is 0 Å². The summed E-state index contributed by atoms with van der Waals surface area (Å²) in [5.74, 6) is 0.909. The van der Waals surface area contributed by atoms with E-state index in [4.69, 9.17) is 4.52 Å². The van der Waals surface area contributed by atoms with Crippen LogP contribution in [0.1, 0.15) is 29.5 Å². The van der Waals surface area contributed by atoms with E-state index in [2.05, 4.69) is 37.9 Å². The predicted molar refractivity (Wildman–Crippen MR) is 97.0 cm³/mol. The fourth-order valence-corrected chi connectivity index (χ4v) is 3.89. The van der Waals surface area contributed by atoms with Gasteiger partial charge in [0.1, 0.15) is 5.76 Å². The minimum atomic E-state index is 0.0580. The van der Waals surface area contributed by atoms with Gasteiger partial charge in [0.25, 0.3) is 0 Å². The summed E-state index contributed by atoms with van der Waals surface area (Å²) in [7, 11) is 0. The van der Waals surface area contributed by atoms with Gasteiger partial charge in [-0.2, -0.15) is 0 Å². The molecular formula is C19H25N5O2. The Morgan fingerprint density at radius 1 is 1.19 bits per heavy atom. The lowest BCUT2D eigenvalue weighted by molar-refractivity contribution is -0.127. The maximum absolute atomic E-state index is 12.0. The molecule has 1 aromatic heterocycles. The van der Waals surface area contributed by atoms with Gasteiger partial charge in [0.15, 0.2) is 0 Å². The van der Waals surface area contributed by atoms with Crippen LogP contribution in [0, 0.1) is 6.92 Å². The lowest BCUT2D eigenvalue weighted by Gasteiger charge is -2.44. The topological polar surface area (TPSA) is 73.6 Å².